The summed E-state index contributed by atoms with van der Waals surface area (Å²) >= 11 is 0. The molecule has 2 heterocycles. The van der Waals surface area contributed by atoms with Crippen LogP contribution < -0.4 is 0 Å². The van der Waals surface area contributed by atoms with Crippen LogP contribution in [0.15, 0.2) is 36.7 Å². The Balaban J connectivity index is 2.31. The summed E-state index contributed by atoms with van der Waals surface area (Å²) in [5, 5.41) is 0. The fraction of sp³-hybridized carbons (Fsp3) is 0.200. The number of esters is 1. The molecule has 0 saturated carbocycles. The number of nitrogens with zero attached hydrogens (tertiary/aromatic N) is 2. The number of hydrogen-bond donors (Lipinski definition) is 0. The van der Waals surface area contributed by atoms with E-state index in [0.717, 1.165) is 0 Å². The number of ether oxygens (including phenoxy) is 1. The molecule has 0 bridgehead atoms. The van der Waals surface area contributed by atoms with Crippen molar-refractivity contribution in [3.05, 3.63) is 47.8 Å². The second-order valence-electron chi connectivity index (χ2n) is 4.14. The lowest BCUT2D eigenvalue weighted by atomic mass is 10.1. The number of carbonyl (C=O) groups excluding carboxylic acids is 2. The number of aromatic nitrogens is 2. The van der Waals surface area contributed by atoms with E-state index >= 15 is 0 Å². The Hall–Kier alpha value is -2.56. The first-order chi connectivity index (χ1) is 9.61. The lowest BCUT2D eigenvalue weighted by Crippen LogP contribution is -2.05. The average Bonchev–Trinajstić information content (AvgIpc) is 2.48. The number of ketones is 1. The van der Waals surface area contributed by atoms with Crippen molar-refractivity contribution in [1.82, 2.24) is 9.97 Å². The zero-order chi connectivity index (χ0) is 14.5. The molecule has 0 saturated heterocycles. The minimum atomic E-state index is -0.392. The Morgan fingerprint density at radius 2 is 1.90 bits per heavy atom. The summed E-state index contributed by atoms with van der Waals surface area (Å²) in [6.07, 6.45) is 3.03. The minimum Gasteiger partial charge on any atom is -0.462 e. The Kier molecular flexibility index (Phi) is 4.20. The maximum Gasteiger partial charge on any atom is 0.338 e. The van der Waals surface area contributed by atoms with Gasteiger partial charge in [0, 0.05) is 18.0 Å². The van der Waals surface area contributed by atoms with Crippen molar-refractivity contribution in [1.29, 1.82) is 0 Å². The minimum absolute atomic E-state index is 0.0442. The SMILES string of the molecule is CCOC(=O)c1ccnc(-c2ccc(C(C)=O)cn2)c1. The van der Waals surface area contributed by atoms with E-state index in [2.05, 4.69) is 9.97 Å². The number of hydrogen-bond acceptors (Lipinski definition) is 5. The molecule has 0 spiro atoms. The van der Waals surface area contributed by atoms with E-state index in [9.17, 15) is 9.59 Å². The number of Topliss-reactive ketones (excluding diaryl/α,β-unsaturated/α-hetero) is 1. The number of pyridine rings is 2. The summed E-state index contributed by atoms with van der Waals surface area (Å²) in [6, 6.07) is 6.59. The summed E-state index contributed by atoms with van der Waals surface area (Å²) in [7, 11) is 0. The summed E-state index contributed by atoms with van der Waals surface area (Å²) in [5.74, 6) is -0.436. The molecule has 0 aliphatic rings. The van der Waals surface area contributed by atoms with Gasteiger partial charge in [0.05, 0.1) is 23.6 Å². The van der Waals surface area contributed by atoms with Crippen LogP contribution in [0.25, 0.3) is 11.4 Å². The van der Waals surface area contributed by atoms with E-state index in [1.807, 2.05) is 0 Å². The first-order valence-electron chi connectivity index (χ1n) is 6.22. The quantitative estimate of drug-likeness (QED) is 0.630. The van der Waals surface area contributed by atoms with Gasteiger partial charge in [-0.3, -0.25) is 14.8 Å². The van der Waals surface area contributed by atoms with Crippen molar-refractivity contribution >= 4 is 11.8 Å². The van der Waals surface area contributed by atoms with Gasteiger partial charge in [0.2, 0.25) is 0 Å². The molecule has 20 heavy (non-hydrogen) atoms. The highest BCUT2D eigenvalue weighted by Crippen LogP contribution is 2.16. The second kappa shape index (κ2) is 6.06. The zero-order valence-electron chi connectivity index (χ0n) is 11.3. The van der Waals surface area contributed by atoms with Gasteiger partial charge in [0.15, 0.2) is 5.78 Å². The summed E-state index contributed by atoms with van der Waals surface area (Å²) in [6.45, 7) is 3.56. The van der Waals surface area contributed by atoms with Gasteiger partial charge in [-0.15, -0.1) is 0 Å². The van der Waals surface area contributed by atoms with Crippen LogP contribution >= 0.6 is 0 Å². The molecule has 0 radical (unpaired) electrons. The average molecular weight is 270 g/mol. The largest absolute Gasteiger partial charge is 0.462 e. The Labute approximate surface area is 116 Å². The van der Waals surface area contributed by atoms with E-state index < -0.39 is 5.97 Å². The van der Waals surface area contributed by atoms with Crippen molar-refractivity contribution in [3.8, 4) is 11.4 Å². The molecule has 0 amide bonds. The third kappa shape index (κ3) is 3.06. The lowest BCUT2D eigenvalue weighted by Gasteiger charge is -2.04. The van der Waals surface area contributed by atoms with Gasteiger partial charge < -0.3 is 4.74 Å². The molecule has 2 aromatic heterocycles. The van der Waals surface area contributed by atoms with Crippen molar-refractivity contribution in [2.75, 3.05) is 6.61 Å². The molecule has 2 aromatic rings. The molecular formula is C15H14N2O3. The van der Waals surface area contributed by atoms with Crippen molar-refractivity contribution < 1.29 is 14.3 Å². The maximum absolute atomic E-state index is 11.7. The first kappa shape index (κ1) is 13.9. The van der Waals surface area contributed by atoms with Crippen LogP contribution in [0, 0.1) is 0 Å². The zero-order valence-corrected chi connectivity index (χ0v) is 11.3. The highest BCUT2D eigenvalue weighted by molar-refractivity contribution is 5.94. The van der Waals surface area contributed by atoms with Crippen LogP contribution in [0.4, 0.5) is 0 Å². The van der Waals surface area contributed by atoms with Crippen LogP contribution in [0.3, 0.4) is 0 Å². The van der Waals surface area contributed by atoms with Gasteiger partial charge in [-0.2, -0.15) is 0 Å². The monoisotopic (exact) mass is 270 g/mol. The molecule has 5 nitrogen and oxygen atoms in total. The Morgan fingerprint density at radius 3 is 2.50 bits per heavy atom. The second-order valence-corrected chi connectivity index (χ2v) is 4.14. The van der Waals surface area contributed by atoms with E-state index in [1.165, 1.54) is 19.3 Å². The fourth-order valence-electron chi connectivity index (χ4n) is 1.67. The molecule has 102 valence electrons. The predicted octanol–water partition coefficient (Wildman–Crippen LogP) is 2.52. The summed E-state index contributed by atoms with van der Waals surface area (Å²) in [5.41, 5.74) is 2.12. The molecule has 0 unspecified atom stereocenters. The van der Waals surface area contributed by atoms with Gasteiger partial charge in [0.1, 0.15) is 0 Å². The van der Waals surface area contributed by atoms with Crippen molar-refractivity contribution in [2.45, 2.75) is 13.8 Å². The normalized spacial score (nSPS) is 10.1. The molecule has 0 N–H and O–H groups in total. The topological polar surface area (TPSA) is 69.2 Å². The van der Waals surface area contributed by atoms with E-state index in [0.29, 0.717) is 29.1 Å². The summed E-state index contributed by atoms with van der Waals surface area (Å²) < 4.78 is 4.94. The molecule has 0 aliphatic carbocycles. The fourth-order valence-corrected chi connectivity index (χ4v) is 1.67. The van der Waals surface area contributed by atoms with Crippen LogP contribution in [-0.2, 0) is 4.74 Å². The molecule has 5 heteroatoms. The van der Waals surface area contributed by atoms with E-state index in [4.69, 9.17) is 4.74 Å². The van der Waals surface area contributed by atoms with Crippen LogP contribution in [0.2, 0.25) is 0 Å². The van der Waals surface area contributed by atoms with E-state index in [-0.39, 0.29) is 5.78 Å². The smallest absolute Gasteiger partial charge is 0.338 e. The number of carbonyl (C=O) groups is 2. The van der Waals surface area contributed by atoms with Crippen LogP contribution in [0.1, 0.15) is 34.6 Å². The van der Waals surface area contributed by atoms with Crippen LogP contribution in [0.5, 0.6) is 0 Å². The first-order valence-corrected chi connectivity index (χ1v) is 6.22. The Bertz CT molecular complexity index is 636. The van der Waals surface area contributed by atoms with Crippen molar-refractivity contribution in [2.24, 2.45) is 0 Å². The molecule has 0 aliphatic heterocycles. The predicted molar refractivity (Wildman–Crippen MR) is 73.4 cm³/mol. The highest BCUT2D eigenvalue weighted by Gasteiger charge is 2.09. The van der Waals surface area contributed by atoms with Crippen LogP contribution in [-0.4, -0.2) is 28.3 Å². The molecular weight excluding hydrogens is 256 g/mol. The molecule has 0 fully saturated rings. The molecule has 0 atom stereocenters. The van der Waals surface area contributed by atoms with Gasteiger partial charge in [0.25, 0.3) is 0 Å². The summed E-state index contributed by atoms with van der Waals surface area (Å²) in [4.78, 5) is 31.2. The molecule has 2 rings (SSSR count). The molecule has 0 aromatic carbocycles. The Morgan fingerprint density at radius 1 is 1.10 bits per heavy atom. The third-order valence-corrected chi connectivity index (χ3v) is 2.70. The standard InChI is InChI=1S/C15H14N2O3/c1-3-20-15(19)11-6-7-16-14(8-11)13-5-4-12(9-17-13)10(2)18/h4-9H,3H2,1-2H3. The van der Waals surface area contributed by atoms with Gasteiger partial charge >= 0.3 is 5.97 Å². The highest BCUT2D eigenvalue weighted by atomic mass is 16.5. The van der Waals surface area contributed by atoms with Gasteiger partial charge in [-0.25, -0.2) is 4.79 Å². The van der Waals surface area contributed by atoms with Gasteiger partial charge in [-0.1, -0.05) is 0 Å². The van der Waals surface area contributed by atoms with Gasteiger partial charge in [-0.05, 0) is 38.1 Å². The maximum atomic E-state index is 11.7. The van der Waals surface area contributed by atoms with E-state index in [1.54, 1.807) is 31.2 Å². The number of rotatable bonds is 4. The third-order valence-electron chi connectivity index (χ3n) is 2.70. The lowest BCUT2D eigenvalue weighted by molar-refractivity contribution is 0.0526. The van der Waals surface area contributed by atoms with Crippen molar-refractivity contribution in [3.63, 3.8) is 0 Å².